The highest BCUT2D eigenvalue weighted by atomic mass is 32.1. The Balaban J connectivity index is 2.00. The van der Waals surface area contributed by atoms with E-state index in [-0.39, 0.29) is 5.54 Å². The van der Waals surface area contributed by atoms with Crippen molar-refractivity contribution in [1.82, 2.24) is 14.9 Å². The third-order valence-corrected chi connectivity index (χ3v) is 4.25. The zero-order valence-electron chi connectivity index (χ0n) is 12.4. The van der Waals surface area contributed by atoms with Crippen molar-refractivity contribution in [2.75, 3.05) is 0 Å². The maximum atomic E-state index is 4.34. The molecule has 0 fully saturated rings. The van der Waals surface area contributed by atoms with Crippen molar-refractivity contribution < 1.29 is 0 Å². The summed E-state index contributed by atoms with van der Waals surface area (Å²) >= 11 is 1.88. The van der Waals surface area contributed by atoms with Gasteiger partial charge in [-0.05, 0) is 46.8 Å². The smallest absolute Gasteiger partial charge is 0.0954 e. The molecule has 0 saturated carbocycles. The first kappa shape index (κ1) is 14.3. The lowest BCUT2D eigenvalue weighted by molar-refractivity contribution is 0.426. The van der Waals surface area contributed by atoms with Crippen LogP contribution in [0.15, 0.2) is 18.5 Å². The van der Waals surface area contributed by atoms with Crippen LogP contribution in [0.4, 0.5) is 0 Å². The summed E-state index contributed by atoms with van der Waals surface area (Å²) in [6.45, 7) is 12.6. The zero-order valence-corrected chi connectivity index (χ0v) is 13.3. The van der Waals surface area contributed by atoms with Gasteiger partial charge >= 0.3 is 0 Å². The van der Waals surface area contributed by atoms with Crippen LogP contribution in [0.1, 0.15) is 41.9 Å². The van der Waals surface area contributed by atoms with Gasteiger partial charge in [0.05, 0.1) is 18.6 Å². The maximum Gasteiger partial charge on any atom is 0.0954 e. The van der Waals surface area contributed by atoms with Gasteiger partial charge < -0.3 is 9.88 Å². The predicted octanol–water partition coefficient (Wildman–Crippen LogP) is 3.50. The molecule has 2 aromatic heterocycles. The van der Waals surface area contributed by atoms with Crippen molar-refractivity contribution in [3.05, 3.63) is 39.6 Å². The molecule has 0 atom stereocenters. The summed E-state index contributed by atoms with van der Waals surface area (Å²) in [5.74, 6) is 0. The third-order valence-electron chi connectivity index (χ3n) is 3.18. The summed E-state index contributed by atoms with van der Waals surface area (Å²) in [4.78, 5) is 7.11. The number of aromatic nitrogens is 2. The van der Waals surface area contributed by atoms with E-state index in [1.165, 1.54) is 15.4 Å². The van der Waals surface area contributed by atoms with E-state index in [1.54, 1.807) is 0 Å². The Morgan fingerprint density at radius 3 is 2.47 bits per heavy atom. The molecule has 0 unspecified atom stereocenters. The molecule has 2 rings (SSSR count). The monoisotopic (exact) mass is 277 g/mol. The Hall–Kier alpha value is -1.13. The van der Waals surface area contributed by atoms with Crippen LogP contribution in [-0.4, -0.2) is 15.1 Å². The lowest BCUT2D eigenvalue weighted by Crippen LogP contribution is -2.34. The number of hydrogen-bond acceptors (Lipinski definition) is 3. The van der Waals surface area contributed by atoms with E-state index >= 15 is 0 Å². The molecule has 2 aromatic rings. The minimum atomic E-state index is 0.169. The van der Waals surface area contributed by atoms with E-state index < -0.39 is 0 Å². The molecule has 0 bridgehead atoms. The van der Waals surface area contributed by atoms with E-state index in [0.717, 1.165) is 18.8 Å². The number of nitrogens with one attached hydrogen (secondary N) is 1. The third kappa shape index (κ3) is 3.91. The second kappa shape index (κ2) is 5.47. The van der Waals surface area contributed by atoms with Crippen LogP contribution in [-0.2, 0) is 13.1 Å². The van der Waals surface area contributed by atoms with Gasteiger partial charge in [0, 0.05) is 27.5 Å². The van der Waals surface area contributed by atoms with Gasteiger partial charge in [0.2, 0.25) is 0 Å². The summed E-state index contributed by atoms with van der Waals surface area (Å²) < 4.78 is 2.21. The molecule has 2 heterocycles. The Labute approximate surface area is 119 Å². The van der Waals surface area contributed by atoms with Gasteiger partial charge in [-0.15, -0.1) is 11.3 Å². The van der Waals surface area contributed by atoms with Gasteiger partial charge in [-0.2, -0.15) is 0 Å². The molecule has 19 heavy (non-hydrogen) atoms. The van der Waals surface area contributed by atoms with Crippen molar-refractivity contribution in [3.63, 3.8) is 0 Å². The molecule has 0 spiro atoms. The SMILES string of the molecule is Cc1ncn(Cc2ccc(CNC(C)(C)C)s2)c1C. The molecular formula is C15H23N3S. The normalized spacial score (nSPS) is 12.1. The molecule has 0 aliphatic heterocycles. The van der Waals surface area contributed by atoms with E-state index in [1.807, 2.05) is 17.7 Å². The van der Waals surface area contributed by atoms with Gasteiger partial charge in [0.15, 0.2) is 0 Å². The van der Waals surface area contributed by atoms with Crippen molar-refractivity contribution in [2.24, 2.45) is 0 Å². The molecule has 0 aromatic carbocycles. The number of aryl methyl sites for hydroxylation is 1. The predicted molar refractivity (Wildman–Crippen MR) is 81.7 cm³/mol. The fourth-order valence-corrected chi connectivity index (χ4v) is 2.78. The lowest BCUT2D eigenvalue weighted by Gasteiger charge is -2.19. The fourth-order valence-electron chi connectivity index (χ4n) is 1.83. The molecule has 104 valence electrons. The maximum absolute atomic E-state index is 4.34. The molecule has 0 aliphatic carbocycles. The Morgan fingerprint density at radius 1 is 1.21 bits per heavy atom. The van der Waals surface area contributed by atoms with Gasteiger partial charge in [-0.25, -0.2) is 4.98 Å². The first-order valence-corrected chi connectivity index (χ1v) is 7.48. The van der Waals surface area contributed by atoms with Crippen LogP contribution in [0.5, 0.6) is 0 Å². The average Bonchev–Trinajstić information content (AvgIpc) is 2.88. The van der Waals surface area contributed by atoms with Crippen LogP contribution in [0.2, 0.25) is 0 Å². The van der Waals surface area contributed by atoms with Crippen LogP contribution in [0, 0.1) is 13.8 Å². The van der Waals surface area contributed by atoms with Gasteiger partial charge in [0.25, 0.3) is 0 Å². The Bertz CT molecular complexity index is 546. The Kier molecular flexibility index (Phi) is 4.11. The molecule has 0 radical (unpaired) electrons. The van der Waals surface area contributed by atoms with Crippen molar-refractivity contribution in [2.45, 2.75) is 53.2 Å². The molecule has 1 N–H and O–H groups in total. The molecule has 0 saturated heterocycles. The highest BCUT2D eigenvalue weighted by Gasteiger charge is 2.10. The summed E-state index contributed by atoms with van der Waals surface area (Å²) in [5.41, 5.74) is 2.54. The fraction of sp³-hybridized carbons (Fsp3) is 0.533. The van der Waals surface area contributed by atoms with Gasteiger partial charge in [-0.3, -0.25) is 0 Å². The van der Waals surface area contributed by atoms with Crippen LogP contribution in [0.3, 0.4) is 0 Å². The van der Waals surface area contributed by atoms with Gasteiger partial charge in [0.1, 0.15) is 0 Å². The summed E-state index contributed by atoms with van der Waals surface area (Å²) in [6.07, 6.45) is 1.93. The van der Waals surface area contributed by atoms with E-state index in [9.17, 15) is 0 Å². The quantitative estimate of drug-likeness (QED) is 0.927. The number of rotatable bonds is 4. The highest BCUT2D eigenvalue weighted by Crippen LogP contribution is 2.19. The number of nitrogens with zero attached hydrogens (tertiary/aromatic N) is 2. The second-order valence-electron chi connectivity index (χ2n) is 6.01. The largest absolute Gasteiger partial charge is 0.329 e. The van der Waals surface area contributed by atoms with Gasteiger partial charge in [-0.1, -0.05) is 0 Å². The summed E-state index contributed by atoms with van der Waals surface area (Å²) in [5, 5.41) is 3.52. The van der Waals surface area contributed by atoms with Crippen LogP contribution in [0.25, 0.3) is 0 Å². The number of hydrogen-bond donors (Lipinski definition) is 1. The first-order chi connectivity index (χ1) is 8.85. The molecular weight excluding hydrogens is 254 g/mol. The number of thiophene rings is 1. The second-order valence-corrected chi connectivity index (χ2v) is 7.27. The van der Waals surface area contributed by atoms with Crippen molar-refractivity contribution >= 4 is 11.3 Å². The first-order valence-electron chi connectivity index (χ1n) is 6.66. The zero-order chi connectivity index (χ0) is 14.0. The molecule has 4 heteroatoms. The van der Waals surface area contributed by atoms with Crippen molar-refractivity contribution in [1.29, 1.82) is 0 Å². The van der Waals surface area contributed by atoms with E-state index in [2.05, 4.69) is 61.6 Å². The summed E-state index contributed by atoms with van der Waals surface area (Å²) in [7, 11) is 0. The standard InChI is InChI=1S/C15H23N3S/c1-11-12(2)18(10-16-11)9-14-7-6-13(19-14)8-17-15(3,4)5/h6-7,10,17H,8-9H2,1-5H3. The topological polar surface area (TPSA) is 29.9 Å². The van der Waals surface area contributed by atoms with E-state index in [0.29, 0.717) is 0 Å². The molecule has 3 nitrogen and oxygen atoms in total. The molecule has 0 amide bonds. The minimum absolute atomic E-state index is 0.169. The summed E-state index contributed by atoms with van der Waals surface area (Å²) in [6, 6.07) is 4.44. The minimum Gasteiger partial charge on any atom is -0.329 e. The van der Waals surface area contributed by atoms with Crippen molar-refractivity contribution in [3.8, 4) is 0 Å². The average molecular weight is 277 g/mol. The number of imidazole rings is 1. The van der Waals surface area contributed by atoms with Crippen LogP contribution < -0.4 is 5.32 Å². The highest BCUT2D eigenvalue weighted by molar-refractivity contribution is 7.11. The lowest BCUT2D eigenvalue weighted by atomic mass is 10.1. The Morgan fingerprint density at radius 2 is 1.89 bits per heavy atom. The van der Waals surface area contributed by atoms with E-state index in [4.69, 9.17) is 0 Å². The van der Waals surface area contributed by atoms with Crippen LogP contribution >= 0.6 is 11.3 Å². The molecule has 0 aliphatic rings.